The molecular formula is C15H14O3. The van der Waals surface area contributed by atoms with Gasteiger partial charge in [-0.3, -0.25) is 4.79 Å². The molecule has 0 radical (unpaired) electrons. The highest BCUT2D eigenvalue weighted by molar-refractivity contribution is 5.88. The van der Waals surface area contributed by atoms with Crippen LogP contribution in [0.15, 0.2) is 36.4 Å². The molecule has 0 N–H and O–H groups in total. The van der Waals surface area contributed by atoms with E-state index in [0.717, 1.165) is 11.3 Å². The average Bonchev–Trinajstić information content (AvgIpc) is 2.80. The highest BCUT2D eigenvalue weighted by Crippen LogP contribution is 2.39. The van der Waals surface area contributed by atoms with E-state index in [1.165, 1.54) is 17.7 Å². The van der Waals surface area contributed by atoms with E-state index in [1.807, 2.05) is 18.2 Å². The van der Waals surface area contributed by atoms with Crippen LogP contribution in [0.1, 0.15) is 18.4 Å². The number of esters is 1. The van der Waals surface area contributed by atoms with Gasteiger partial charge in [-0.25, -0.2) is 0 Å². The van der Waals surface area contributed by atoms with Crippen molar-refractivity contribution in [2.24, 2.45) is 0 Å². The minimum absolute atomic E-state index is 0.134. The summed E-state index contributed by atoms with van der Waals surface area (Å²) in [4.78, 5) is 10.9. The Morgan fingerprint density at radius 2 is 2.17 bits per heavy atom. The van der Waals surface area contributed by atoms with Gasteiger partial charge in [-0.15, -0.1) is 0 Å². The average molecular weight is 242 g/mol. The second-order valence-corrected chi connectivity index (χ2v) is 4.51. The molecule has 0 saturated carbocycles. The summed E-state index contributed by atoms with van der Waals surface area (Å²) in [7, 11) is 0. The van der Waals surface area contributed by atoms with Crippen LogP contribution in [0, 0.1) is 0 Å². The number of hydrogen-bond acceptors (Lipinski definition) is 3. The number of carbonyl (C=O) groups is 1. The maximum Gasteiger partial charge on any atom is 0.302 e. The van der Waals surface area contributed by atoms with Gasteiger partial charge < -0.3 is 9.47 Å². The van der Waals surface area contributed by atoms with Crippen LogP contribution in [0.4, 0.5) is 0 Å². The molecule has 2 aromatic carbocycles. The van der Waals surface area contributed by atoms with Crippen LogP contribution in [-0.2, 0) is 9.53 Å². The summed E-state index contributed by atoms with van der Waals surface area (Å²) < 4.78 is 10.8. The molecule has 1 aliphatic rings. The van der Waals surface area contributed by atoms with Crippen molar-refractivity contribution in [3.05, 3.63) is 42.0 Å². The molecule has 0 aromatic heterocycles. The Balaban J connectivity index is 2.02. The minimum atomic E-state index is -0.247. The van der Waals surface area contributed by atoms with Crippen molar-refractivity contribution in [3.63, 3.8) is 0 Å². The van der Waals surface area contributed by atoms with Crippen LogP contribution in [0.25, 0.3) is 10.8 Å². The molecule has 0 aliphatic carbocycles. The molecule has 0 saturated heterocycles. The number of hydrogen-bond donors (Lipinski definition) is 0. The van der Waals surface area contributed by atoms with E-state index >= 15 is 0 Å². The van der Waals surface area contributed by atoms with E-state index in [-0.39, 0.29) is 11.9 Å². The van der Waals surface area contributed by atoms with Gasteiger partial charge in [0, 0.05) is 12.5 Å². The van der Waals surface area contributed by atoms with Crippen LogP contribution in [-0.4, -0.2) is 19.2 Å². The normalized spacial score (nSPS) is 17.3. The SMILES string of the molecule is CC(=O)OCC1COc2ccc3ccccc3c21. The van der Waals surface area contributed by atoms with E-state index in [0.29, 0.717) is 13.2 Å². The molecule has 3 heteroatoms. The molecule has 0 spiro atoms. The molecule has 1 atom stereocenters. The second kappa shape index (κ2) is 4.33. The van der Waals surface area contributed by atoms with Crippen molar-refractivity contribution >= 4 is 16.7 Å². The summed E-state index contributed by atoms with van der Waals surface area (Å²) >= 11 is 0. The van der Waals surface area contributed by atoms with Crippen molar-refractivity contribution in [2.75, 3.05) is 13.2 Å². The topological polar surface area (TPSA) is 35.5 Å². The first kappa shape index (κ1) is 11.1. The Hall–Kier alpha value is -2.03. The van der Waals surface area contributed by atoms with Crippen molar-refractivity contribution in [1.82, 2.24) is 0 Å². The Bertz CT molecular complexity index is 604. The van der Waals surface area contributed by atoms with Crippen LogP contribution in [0.2, 0.25) is 0 Å². The number of fused-ring (bicyclic) bond motifs is 3. The lowest BCUT2D eigenvalue weighted by atomic mass is 9.95. The zero-order valence-corrected chi connectivity index (χ0v) is 10.2. The molecule has 3 nitrogen and oxygen atoms in total. The summed E-state index contributed by atoms with van der Waals surface area (Å²) in [6.07, 6.45) is 0. The van der Waals surface area contributed by atoms with Gasteiger partial charge in [0.15, 0.2) is 0 Å². The molecule has 2 aromatic rings. The van der Waals surface area contributed by atoms with Gasteiger partial charge in [0.25, 0.3) is 0 Å². The molecule has 0 bridgehead atoms. The van der Waals surface area contributed by atoms with Gasteiger partial charge in [0.2, 0.25) is 0 Å². The number of rotatable bonds is 2. The van der Waals surface area contributed by atoms with Crippen LogP contribution < -0.4 is 4.74 Å². The third-order valence-corrected chi connectivity index (χ3v) is 3.27. The molecule has 0 amide bonds. The lowest BCUT2D eigenvalue weighted by Gasteiger charge is -2.11. The summed E-state index contributed by atoms with van der Waals surface area (Å²) in [6.45, 7) is 2.40. The third-order valence-electron chi connectivity index (χ3n) is 3.27. The lowest BCUT2D eigenvalue weighted by Crippen LogP contribution is -2.12. The first-order chi connectivity index (χ1) is 8.75. The molecule has 1 heterocycles. The lowest BCUT2D eigenvalue weighted by molar-refractivity contribution is -0.141. The maximum absolute atomic E-state index is 10.9. The zero-order valence-electron chi connectivity index (χ0n) is 10.2. The summed E-state index contributed by atoms with van der Waals surface area (Å²) in [6, 6.07) is 12.3. The van der Waals surface area contributed by atoms with E-state index in [9.17, 15) is 4.79 Å². The third kappa shape index (κ3) is 1.82. The van der Waals surface area contributed by atoms with Crippen LogP contribution in [0.5, 0.6) is 5.75 Å². The van der Waals surface area contributed by atoms with Crippen molar-refractivity contribution < 1.29 is 14.3 Å². The van der Waals surface area contributed by atoms with Crippen molar-refractivity contribution in [3.8, 4) is 5.75 Å². The predicted molar refractivity (Wildman–Crippen MR) is 68.8 cm³/mol. The van der Waals surface area contributed by atoms with Gasteiger partial charge in [-0.2, -0.15) is 0 Å². The fraction of sp³-hybridized carbons (Fsp3) is 0.267. The second-order valence-electron chi connectivity index (χ2n) is 4.51. The Morgan fingerprint density at radius 1 is 1.33 bits per heavy atom. The van der Waals surface area contributed by atoms with Gasteiger partial charge in [0.1, 0.15) is 12.4 Å². The van der Waals surface area contributed by atoms with E-state index in [2.05, 4.69) is 18.2 Å². The number of carbonyl (C=O) groups excluding carboxylic acids is 1. The zero-order chi connectivity index (χ0) is 12.5. The molecule has 0 fully saturated rings. The fourth-order valence-electron chi connectivity index (χ4n) is 2.45. The predicted octanol–water partition coefficient (Wildman–Crippen LogP) is 2.88. The van der Waals surface area contributed by atoms with E-state index < -0.39 is 0 Å². The Kier molecular flexibility index (Phi) is 2.67. The summed E-state index contributed by atoms with van der Waals surface area (Å²) in [5.41, 5.74) is 1.16. The molecular weight excluding hydrogens is 228 g/mol. The summed E-state index contributed by atoms with van der Waals surface area (Å²) in [5.74, 6) is 0.796. The molecule has 1 unspecified atom stereocenters. The first-order valence-electron chi connectivity index (χ1n) is 6.03. The van der Waals surface area contributed by atoms with Gasteiger partial charge in [-0.1, -0.05) is 30.3 Å². The quantitative estimate of drug-likeness (QED) is 0.760. The van der Waals surface area contributed by atoms with Gasteiger partial charge in [0.05, 0.1) is 12.5 Å². The smallest absolute Gasteiger partial charge is 0.302 e. The van der Waals surface area contributed by atoms with E-state index in [4.69, 9.17) is 9.47 Å². The molecule has 18 heavy (non-hydrogen) atoms. The van der Waals surface area contributed by atoms with Gasteiger partial charge in [-0.05, 0) is 16.8 Å². The summed E-state index contributed by atoms with van der Waals surface area (Å²) in [5, 5.41) is 2.37. The van der Waals surface area contributed by atoms with Gasteiger partial charge >= 0.3 is 5.97 Å². The highest BCUT2D eigenvalue weighted by Gasteiger charge is 2.27. The molecule has 3 rings (SSSR count). The molecule has 1 aliphatic heterocycles. The standard InChI is InChI=1S/C15H14O3/c1-10(16)17-8-12-9-18-14-7-6-11-4-2-3-5-13(11)15(12)14/h2-7,12H,8-9H2,1H3. The highest BCUT2D eigenvalue weighted by atomic mass is 16.5. The van der Waals surface area contributed by atoms with Crippen LogP contribution in [0.3, 0.4) is 0 Å². The Morgan fingerprint density at radius 3 is 3.00 bits per heavy atom. The monoisotopic (exact) mass is 242 g/mol. The first-order valence-corrected chi connectivity index (χ1v) is 6.03. The Labute approximate surface area is 105 Å². The fourth-order valence-corrected chi connectivity index (χ4v) is 2.45. The van der Waals surface area contributed by atoms with Crippen LogP contribution >= 0.6 is 0 Å². The largest absolute Gasteiger partial charge is 0.492 e. The number of ether oxygens (including phenoxy) is 2. The maximum atomic E-state index is 10.9. The molecule has 92 valence electrons. The minimum Gasteiger partial charge on any atom is -0.492 e. The number of benzene rings is 2. The van der Waals surface area contributed by atoms with Crippen molar-refractivity contribution in [2.45, 2.75) is 12.8 Å². The van der Waals surface area contributed by atoms with E-state index in [1.54, 1.807) is 0 Å². The van der Waals surface area contributed by atoms with Crippen molar-refractivity contribution in [1.29, 1.82) is 0 Å².